The van der Waals surface area contributed by atoms with Gasteiger partial charge in [0.15, 0.2) is 0 Å². The van der Waals surface area contributed by atoms with Crippen molar-refractivity contribution in [3.8, 4) is 5.75 Å². The van der Waals surface area contributed by atoms with Crippen molar-refractivity contribution in [2.24, 2.45) is 0 Å². The summed E-state index contributed by atoms with van der Waals surface area (Å²) in [6.07, 6.45) is 0.571. The summed E-state index contributed by atoms with van der Waals surface area (Å²) in [4.78, 5) is 0. The first-order valence-electron chi connectivity index (χ1n) is 4.74. The number of alkyl halides is 1. The molecule has 1 aromatic carbocycles. The summed E-state index contributed by atoms with van der Waals surface area (Å²) in [5.74, 6) is 0.859. The molecule has 2 nitrogen and oxygen atoms in total. The second kappa shape index (κ2) is 6.04. The van der Waals surface area contributed by atoms with E-state index in [9.17, 15) is 5.11 Å². The molecule has 0 fully saturated rings. The summed E-state index contributed by atoms with van der Waals surface area (Å²) >= 11 is 3.23. The van der Waals surface area contributed by atoms with E-state index in [0.29, 0.717) is 5.33 Å². The van der Waals surface area contributed by atoms with Gasteiger partial charge in [-0.05, 0) is 24.1 Å². The number of aliphatic hydroxyl groups excluding tert-OH is 1. The van der Waals surface area contributed by atoms with Crippen molar-refractivity contribution >= 4 is 15.9 Å². The highest BCUT2D eigenvalue weighted by atomic mass is 79.9. The van der Waals surface area contributed by atoms with Gasteiger partial charge in [0, 0.05) is 5.33 Å². The second-order valence-corrected chi connectivity index (χ2v) is 3.74. The van der Waals surface area contributed by atoms with Crippen LogP contribution in [-0.2, 0) is 0 Å². The molecule has 78 valence electrons. The maximum Gasteiger partial charge on any atom is 0.119 e. The standard InChI is InChI=1S/C11H15BrO2/c1-2-7-14-10-5-3-9(4-6-10)11(13)8-12/h3-6,11,13H,2,7-8H2,1H3. The second-order valence-electron chi connectivity index (χ2n) is 3.09. The molecule has 14 heavy (non-hydrogen) atoms. The van der Waals surface area contributed by atoms with E-state index in [1.807, 2.05) is 24.3 Å². The van der Waals surface area contributed by atoms with Crippen LogP contribution in [0.4, 0.5) is 0 Å². The van der Waals surface area contributed by atoms with Crippen molar-refractivity contribution in [1.29, 1.82) is 0 Å². The Morgan fingerprint density at radius 3 is 2.50 bits per heavy atom. The van der Waals surface area contributed by atoms with Crippen LogP contribution in [0.5, 0.6) is 5.75 Å². The zero-order valence-electron chi connectivity index (χ0n) is 8.24. The Morgan fingerprint density at radius 2 is 2.00 bits per heavy atom. The van der Waals surface area contributed by atoms with Crippen molar-refractivity contribution < 1.29 is 9.84 Å². The Bertz CT molecular complexity index is 258. The Balaban J connectivity index is 2.59. The highest BCUT2D eigenvalue weighted by molar-refractivity contribution is 9.09. The Labute approximate surface area is 93.0 Å². The normalized spacial score (nSPS) is 12.5. The van der Waals surface area contributed by atoms with Crippen molar-refractivity contribution in [1.82, 2.24) is 0 Å². The predicted octanol–water partition coefficient (Wildman–Crippen LogP) is 2.90. The van der Waals surface area contributed by atoms with E-state index < -0.39 is 6.10 Å². The smallest absolute Gasteiger partial charge is 0.119 e. The lowest BCUT2D eigenvalue weighted by Gasteiger charge is -2.08. The van der Waals surface area contributed by atoms with Gasteiger partial charge in [-0.3, -0.25) is 0 Å². The summed E-state index contributed by atoms with van der Waals surface area (Å²) in [7, 11) is 0. The van der Waals surface area contributed by atoms with Crippen LogP contribution >= 0.6 is 15.9 Å². The first kappa shape index (κ1) is 11.5. The van der Waals surface area contributed by atoms with E-state index in [1.54, 1.807) is 0 Å². The fourth-order valence-electron chi connectivity index (χ4n) is 1.10. The third kappa shape index (κ3) is 3.31. The fraction of sp³-hybridized carbons (Fsp3) is 0.455. The number of hydrogen-bond acceptors (Lipinski definition) is 2. The molecule has 0 aliphatic carbocycles. The molecule has 0 bridgehead atoms. The molecule has 0 radical (unpaired) electrons. The van der Waals surface area contributed by atoms with Gasteiger partial charge < -0.3 is 9.84 Å². The van der Waals surface area contributed by atoms with Crippen LogP contribution in [0, 0.1) is 0 Å². The van der Waals surface area contributed by atoms with E-state index in [4.69, 9.17) is 4.74 Å². The summed E-state index contributed by atoms with van der Waals surface area (Å²) in [5.41, 5.74) is 0.908. The van der Waals surface area contributed by atoms with Crippen molar-refractivity contribution in [2.75, 3.05) is 11.9 Å². The van der Waals surface area contributed by atoms with Gasteiger partial charge in [-0.1, -0.05) is 35.0 Å². The molecule has 1 unspecified atom stereocenters. The molecule has 0 spiro atoms. The summed E-state index contributed by atoms with van der Waals surface area (Å²) < 4.78 is 5.43. The van der Waals surface area contributed by atoms with Crippen molar-refractivity contribution in [3.63, 3.8) is 0 Å². The predicted molar refractivity (Wildman–Crippen MR) is 61.0 cm³/mol. The molecular formula is C11H15BrO2. The van der Waals surface area contributed by atoms with Gasteiger partial charge in [0.05, 0.1) is 12.7 Å². The number of halogens is 1. The largest absolute Gasteiger partial charge is 0.494 e. The van der Waals surface area contributed by atoms with E-state index in [0.717, 1.165) is 24.3 Å². The molecule has 0 aliphatic heterocycles. The molecular weight excluding hydrogens is 244 g/mol. The monoisotopic (exact) mass is 258 g/mol. The molecule has 1 N–H and O–H groups in total. The summed E-state index contributed by atoms with van der Waals surface area (Å²) in [6.45, 7) is 2.81. The van der Waals surface area contributed by atoms with Crippen LogP contribution in [0.25, 0.3) is 0 Å². The molecule has 1 atom stereocenters. The first-order chi connectivity index (χ1) is 6.77. The molecule has 0 saturated carbocycles. The lowest BCUT2D eigenvalue weighted by atomic mass is 10.1. The maximum atomic E-state index is 9.51. The van der Waals surface area contributed by atoms with E-state index in [-0.39, 0.29) is 0 Å². The topological polar surface area (TPSA) is 29.5 Å². The van der Waals surface area contributed by atoms with Crippen molar-refractivity contribution in [3.05, 3.63) is 29.8 Å². The average molecular weight is 259 g/mol. The number of ether oxygens (including phenoxy) is 1. The third-order valence-electron chi connectivity index (χ3n) is 1.88. The first-order valence-corrected chi connectivity index (χ1v) is 5.87. The Morgan fingerprint density at radius 1 is 1.36 bits per heavy atom. The van der Waals surface area contributed by atoms with Gasteiger partial charge in [-0.15, -0.1) is 0 Å². The van der Waals surface area contributed by atoms with Crippen LogP contribution in [0.3, 0.4) is 0 Å². The van der Waals surface area contributed by atoms with Gasteiger partial charge in [-0.2, -0.15) is 0 Å². The lowest BCUT2D eigenvalue weighted by molar-refractivity contribution is 0.205. The molecule has 0 aliphatic rings. The molecule has 0 amide bonds. The van der Waals surface area contributed by atoms with Gasteiger partial charge in [0.2, 0.25) is 0 Å². The van der Waals surface area contributed by atoms with E-state index in [2.05, 4.69) is 22.9 Å². The van der Waals surface area contributed by atoms with Crippen LogP contribution in [0.15, 0.2) is 24.3 Å². The quantitative estimate of drug-likeness (QED) is 0.824. The average Bonchev–Trinajstić information content (AvgIpc) is 2.26. The highest BCUT2D eigenvalue weighted by Crippen LogP contribution is 2.19. The van der Waals surface area contributed by atoms with Crippen LogP contribution in [0.1, 0.15) is 25.0 Å². The fourth-order valence-corrected chi connectivity index (χ4v) is 1.47. The molecule has 0 heterocycles. The highest BCUT2D eigenvalue weighted by Gasteiger charge is 2.04. The lowest BCUT2D eigenvalue weighted by Crippen LogP contribution is -1.99. The number of rotatable bonds is 5. The summed E-state index contributed by atoms with van der Waals surface area (Å²) in [5, 5.41) is 10.1. The molecule has 0 saturated heterocycles. The Kier molecular flexibility index (Phi) is 4.98. The van der Waals surface area contributed by atoms with Gasteiger partial charge in [0.25, 0.3) is 0 Å². The molecule has 1 aromatic rings. The van der Waals surface area contributed by atoms with Gasteiger partial charge >= 0.3 is 0 Å². The number of aliphatic hydroxyl groups is 1. The maximum absolute atomic E-state index is 9.51. The van der Waals surface area contributed by atoms with Gasteiger partial charge in [-0.25, -0.2) is 0 Å². The SMILES string of the molecule is CCCOc1ccc(C(O)CBr)cc1. The summed E-state index contributed by atoms with van der Waals surface area (Å²) in [6, 6.07) is 7.54. The van der Waals surface area contributed by atoms with E-state index in [1.165, 1.54) is 0 Å². The zero-order valence-corrected chi connectivity index (χ0v) is 9.83. The van der Waals surface area contributed by atoms with Gasteiger partial charge in [0.1, 0.15) is 5.75 Å². The van der Waals surface area contributed by atoms with Crippen LogP contribution in [-0.4, -0.2) is 17.0 Å². The molecule has 3 heteroatoms. The number of hydrogen-bond donors (Lipinski definition) is 1. The number of benzene rings is 1. The van der Waals surface area contributed by atoms with E-state index >= 15 is 0 Å². The minimum atomic E-state index is -0.435. The molecule has 1 rings (SSSR count). The van der Waals surface area contributed by atoms with Crippen LogP contribution < -0.4 is 4.74 Å². The molecule has 0 aromatic heterocycles. The zero-order chi connectivity index (χ0) is 10.4. The minimum absolute atomic E-state index is 0.435. The van der Waals surface area contributed by atoms with Crippen LogP contribution in [0.2, 0.25) is 0 Å². The Hall–Kier alpha value is -0.540. The minimum Gasteiger partial charge on any atom is -0.494 e. The van der Waals surface area contributed by atoms with Crippen molar-refractivity contribution in [2.45, 2.75) is 19.4 Å². The third-order valence-corrected chi connectivity index (χ3v) is 2.50.